The third kappa shape index (κ3) is 3.19. The van der Waals surface area contributed by atoms with Crippen LogP contribution in [0.2, 0.25) is 0 Å². The molecule has 0 aliphatic heterocycles. The topological polar surface area (TPSA) is 70.1 Å². The van der Waals surface area contributed by atoms with Gasteiger partial charge in [-0.2, -0.15) is 0 Å². The highest BCUT2D eigenvalue weighted by molar-refractivity contribution is 9.10. The molecule has 0 fully saturated rings. The number of aryl methyl sites for hydroxylation is 1. The number of hydrogen-bond donors (Lipinski definition) is 1. The van der Waals surface area contributed by atoms with Crippen molar-refractivity contribution in [3.63, 3.8) is 0 Å². The number of anilines is 1. The fourth-order valence-electron chi connectivity index (χ4n) is 1.87. The van der Waals surface area contributed by atoms with Gasteiger partial charge in [0.15, 0.2) is 0 Å². The van der Waals surface area contributed by atoms with Gasteiger partial charge in [0, 0.05) is 22.6 Å². The Kier molecular flexibility index (Phi) is 4.44. The lowest BCUT2D eigenvalue weighted by Crippen LogP contribution is -2.13. The van der Waals surface area contributed by atoms with Crippen LogP contribution in [-0.2, 0) is 11.3 Å². The van der Waals surface area contributed by atoms with Crippen LogP contribution in [0.25, 0.3) is 0 Å². The van der Waals surface area contributed by atoms with Gasteiger partial charge in [-0.15, -0.1) is 0 Å². The molecule has 0 unspecified atom stereocenters. The maximum Gasteiger partial charge on any atom is 0.338 e. The molecule has 2 aromatic rings. The van der Waals surface area contributed by atoms with Crippen LogP contribution in [0.4, 0.5) is 5.69 Å². The van der Waals surface area contributed by atoms with Crippen molar-refractivity contribution in [1.82, 2.24) is 9.55 Å². The fourth-order valence-corrected chi connectivity index (χ4v) is 2.34. The van der Waals surface area contributed by atoms with Crippen molar-refractivity contribution in [2.75, 3.05) is 12.3 Å². The number of imidazole rings is 1. The van der Waals surface area contributed by atoms with Crippen molar-refractivity contribution in [3.8, 4) is 0 Å². The average molecular weight is 338 g/mol. The molecule has 0 aliphatic rings. The highest BCUT2D eigenvalue weighted by atomic mass is 79.9. The Balaban J connectivity index is 2.01. The molecule has 2 rings (SSSR count). The van der Waals surface area contributed by atoms with Crippen LogP contribution in [-0.4, -0.2) is 22.1 Å². The molecule has 2 N–H and O–H groups in total. The van der Waals surface area contributed by atoms with Crippen LogP contribution in [0.5, 0.6) is 0 Å². The van der Waals surface area contributed by atoms with Gasteiger partial charge in [0.05, 0.1) is 12.1 Å². The number of esters is 1. The lowest BCUT2D eigenvalue weighted by atomic mass is 10.1. The van der Waals surface area contributed by atoms with E-state index in [0.29, 0.717) is 24.4 Å². The normalized spacial score (nSPS) is 10.6. The zero-order valence-corrected chi connectivity index (χ0v) is 13.0. The summed E-state index contributed by atoms with van der Waals surface area (Å²) in [5.74, 6) is 0.525. The van der Waals surface area contributed by atoms with Gasteiger partial charge in [0.1, 0.15) is 12.4 Å². The molecule has 0 radical (unpaired) electrons. The third-order valence-corrected chi connectivity index (χ3v) is 3.58. The molecule has 5 nitrogen and oxygen atoms in total. The van der Waals surface area contributed by atoms with Crippen LogP contribution in [0, 0.1) is 13.8 Å². The van der Waals surface area contributed by atoms with Crippen molar-refractivity contribution in [2.45, 2.75) is 20.4 Å². The van der Waals surface area contributed by atoms with Gasteiger partial charge in [-0.05, 0) is 31.5 Å². The summed E-state index contributed by atoms with van der Waals surface area (Å²) in [5.41, 5.74) is 7.62. The molecule has 0 aliphatic carbocycles. The van der Waals surface area contributed by atoms with E-state index < -0.39 is 0 Å². The van der Waals surface area contributed by atoms with Crippen molar-refractivity contribution in [2.24, 2.45) is 0 Å². The second kappa shape index (κ2) is 6.09. The van der Waals surface area contributed by atoms with E-state index in [1.54, 1.807) is 25.3 Å². The summed E-state index contributed by atoms with van der Waals surface area (Å²) < 4.78 is 7.97. The molecule has 0 saturated heterocycles. The van der Waals surface area contributed by atoms with E-state index in [-0.39, 0.29) is 5.97 Å². The van der Waals surface area contributed by atoms with Crippen LogP contribution < -0.4 is 5.73 Å². The highest BCUT2D eigenvalue weighted by Crippen LogP contribution is 2.23. The Bertz CT molecular complexity index is 637. The summed E-state index contributed by atoms with van der Waals surface area (Å²) >= 11 is 3.32. The zero-order valence-electron chi connectivity index (χ0n) is 11.4. The van der Waals surface area contributed by atoms with Gasteiger partial charge in [-0.1, -0.05) is 15.9 Å². The van der Waals surface area contributed by atoms with Crippen LogP contribution in [0.3, 0.4) is 0 Å². The molecule has 0 atom stereocenters. The van der Waals surface area contributed by atoms with Crippen LogP contribution >= 0.6 is 15.9 Å². The fraction of sp³-hybridized carbons (Fsp3) is 0.286. The first-order valence-corrected chi connectivity index (χ1v) is 6.99. The number of rotatable bonds is 4. The van der Waals surface area contributed by atoms with Gasteiger partial charge in [0.25, 0.3) is 0 Å². The number of aromatic nitrogens is 2. The molecule has 0 bridgehead atoms. The van der Waals surface area contributed by atoms with Crippen LogP contribution in [0.15, 0.2) is 29.0 Å². The number of nitrogen functional groups attached to an aromatic ring is 1. The maximum atomic E-state index is 12.1. The monoisotopic (exact) mass is 337 g/mol. The molecule has 106 valence electrons. The molecule has 0 amide bonds. The quantitative estimate of drug-likeness (QED) is 0.687. The molecule has 0 spiro atoms. The van der Waals surface area contributed by atoms with Crippen molar-refractivity contribution >= 4 is 27.6 Å². The minimum Gasteiger partial charge on any atom is -0.460 e. The van der Waals surface area contributed by atoms with Gasteiger partial charge in [0.2, 0.25) is 0 Å². The molecule has 1 aromatic carbocycles. The molecule has 1 heterocycles. The smallest absolute Gasteiger partial charge is 0.338 e. The largest absolute Gasteiger partial charge is 0.460 e. The number of benzene rings is 1. The Morgan fingerprint density at radius 1 is 1.45 bits per heavy atom. The predicted octanol–water partition coefficient (Wildman–Crippen LogP) is 2.70. The summed E-state index contributed by atoms with van der Waals surface area (Å²) in [4.78, 5) is 16.2. The van der Waals surface area contributed by atoms with E-state index in [9.17, 15) is 4.79 Å². The minimum absolute atomic E-state index is 0.294. The lowest BCUT2D eigenvalue weighted by Gasteiger charge is -2.10. The van der Waals surface area contributed by atoms with E-state index in [4.69, 9.17) is 10.5 Å². The van der Waals surface area contributed by atoms with E-state index in [1.165, 1.54) is 0 Å². The summed E-state index contributed by atoms with van der Waals surface area (Å²) in [6.45, 7) is 4.58. The number of carbonyl (C=O) groups excluding carboxylic acids is 1. The molecular weight excluding hydrogens is 322 g/mol. The van der Waals surface area contributed by atoms with Gasteiger partial charge in [-0.25, -0.2) is 9.78 Å². The molecule has 6 heteroatoms. The number of carbonyl (C=O) groups is 1. The number of nitrogens with two attached hydrogens (primary N) is 1. The Hall–Kier alpha value is -1.82. The predicted molar refractivity (Wildman–Crippen MR) is 80.5 cm³/mol. The Morgan fingerprint density at radius 2 is 2.20 bits per heavy atom. The summed E-state index contributed by atoms with van der Waals surface area (Å²) in [6, 6.07) is 3.48. The van der Waals surface area contributed by atoms with Crippen LogP contribution in [0.1, 0.15) is 21.7 Å². The maximum absolute atomic E-state index is 12.1. The highest BCUT2D eigenvalue weighted by Gasteiger charge is 2.13. The summed E-state index contributed by atoms with van der Waals surface area (Å²) in [7, 11) is 0. The number of ether oxygens (including phenoxy) is 1. The first kappa shape index (κ1) is 14.6. The first-order valence-electron chi connectivity index (χ1n) is 6.19. The molecular formula is C14H16BrN3O2. The molecule has 1 aromatic heterocycles. The summed E-state index contributed by atoms with van der Waals surface area (Å²) in [5, 5.41) is 0. The number of nitrogens with zero attached hydrogens (tertiary/aromatic N) is 2. The minimum atomic E-state index is -0.367. The lowest BCUT2D eigenvalue weighted by molar-refractivity contribution is 0.0490. The van der Waals surface area contributed by atoms with Gasteiger partial charge >= 0.3 is 5.97 Å². The van der Waals surface area contributed by atoms with E-state index >= 15 is 0 Å². The molecule has 0 saturated carbocycles. The second-order valence-corrected chi connectivity index (χ2v) is 5.39. The average Bonchev–Trinajstić information content (AvgIpc) is 2.79. The van der Waals surface area contributed by atoms with Gasteiger partial charge < -0.3 is 15.0 Å². The first-order chi connectivity index (χ1) is 9.49. The van der Waals surface area contributed by atoms with Crippen molar-refractivity contribution in [3.05, 3.63) is 46.0 Å². The SMILES string of the molecule is Cc1c(N)cc(Br)cc1C(=O)OCCn1ccnc1C. The van der Waals surface area contributed by atoms with E-state index in [2.05, 4.69) is 20.9 Å². The second-order valence-electron chi connectivity index (χ2n) is 4.47. The van der Waals surface area contributed by atoms with Crippen molar-refractivity contribution in [1.29, 1.82) is 0 Å². The zero-order chi connectivity index (χ0) is 14.7. The Labute approximate surface area is 125 Å². The van der Waals surface area contributed by atoms with E-state index in [0.717, 1.165) is 15.9 Å². The van der Waals surface area contributed by atoms with E-state index in [1.807, 2.05) is 17.7 Å². The third-order valence-electron chi connectivity index (χ3n) is 3.12. The van der Waals surface area contributed by atoms with Crippen molar-refractivity contribution < 1.29 is 9.53 Å². The number of hydrogen-bond acceptors (Lipinski definition) is 4. The summed E-state index contributed by atoms with van der Waals surface area (Å²) in [6.07, 6.45) is 3.57. The Morgan fingerprint density at radius 3 is 2.85 bits per heavy atom. The van der Waals surface area contributed by atoms with Gasteiger partial charge in [-0.3, -0.25) is 0 Å². The standard InChI is InChI=1S/C14H16BrN3O2/c1-9-12(7-11(15)8-13(9)16)14(19)20-6-5-18-4-3-17-10(18)2/h3-4,7-8H,5-6,16H2,1-2H3. The molecule has 20 heavy (non-hydrogen) atoms. The number of halogens is 1.